The third-order valence-corrected chi connectivity index (χ3v) is 4.99. The van der Waals surface area contributed by atoms with Crippen molar-refractivity contribution in [2.75, 3.05) is 0 Å². The van der Waals surface area contributed by atoms with Gasteiger partial charge in [-0.05, 0) is 24.8 Å². The van der Waals surface area contributed by atoms with Crippen molar-refractivity contribution in [3.8, 4) is 11.9 Å². The molecule has 2 N–H and O–H groups in total. The molecule has 1 heterocycles. The van der Waals surface area contributed by atoms with Gasteiger partial charge in [-0.2, -0.15) is 0 Å². The zero-order valence-corrected chi connectivity index (χ0v) is 14.2. The summed E-state index contributed by atoms with van der Waals surface area (Å²) in [5.74, 6) is 0.767. The van der Waals surface area contributed by atoms with E-state index in [4.69, 9.17) is 0 Å². The highest BCUT2D eigenvalue weighted by atomic mass is 16.3. The van der Waals surface area contributed by atoms with Crippen molar-refractivity contribution in [3.63, 3.8) is 0 Å². The predicted molar refractivity (Wildman–Crippen MR) is 89.2 cm³/mol. The molecule has 124 valence electrons. The second-order valence-electron chi connectivity index (χ2n) is 7.14. The zero-order valence-electron chi connectivity index (χ0n) is 14.2. The fourth-order valence-corrected chi connectivity index (χ4v) is 3.64. The quantitative estimate of drug-likeness (QED) is 0.850. The van der Waals surface area contributed by atoms with Crippen LogP contribution in [-0.2, 0) is 6.54 Å². The summed E-state index contributed by atoms with van der Waals surface area (Å²) in [7, 11) is 0. The van der Waals surface area contributed by atoms with E-state index in [-0.39, 0.29) is 17.9 Å². The molecule has 0 radical (unpaired) electrons. The van der Waals surface area contributed by atoms with Crippen LogP contribution in [0.3, 0.4) is 0 Å². The lowest BCUT2D eigenvalue weighted by Crippen LogP contribution is -2.51. The molecule has 0 saturated heterocycles. The fourth-order valence-electron chi connectivity index (χ4n) is 3.64. The first-order valence-corrected chi connectivity index (χ1v) is 8.87. The fraction of sp³-hybridized carbons (Fsp3) is 0.579. The van der Waals surface area contributed by atoms with Gasteiger partial charge in [-0.15, -0.1) is 0 Å². The Labute approximate surface area is 138 Å². The third kappa shape index (κ3) is 3.12. The van der Waals surface area contributed by atoms with E-state index < -0.39 is 0 Å². The number of fused-ring (bicyclic) bond motifs is 1. The SMILES string of the molecule is CC(C)CC[n+]1c(O)[n+](C2CCCCC2)c(O)c2ccccc21. The van der Waals surface area contributed by atoms with Gasteiger partial charge in [0.25, 0.3) is 0 Å². The largest absolute Gasteiger partial charge is 0.632 e. The maximum atomic E-state index is 10.9. The minimum atomic E-state index is 0.189. The minimum Gasteiger partial charge on any atom is -0.459 e. The molecule has 4 nitrogen and oxygen atoms in total. The van der Waals surface area contributed by atoms with Crippen LogP contribution in [0.5, 0.6) is 11.9 Å². The van der Waals surface area contributed by atoms with Gasteiger partial charge >= 0.3 is 11.9 Å². The number of hydrogen-bond donors (Lipinski definition) is 2. The molecule has 4 heteroatoms. The second-order valence-corrected chi connectivity index (χ2v) is 7.14. The molecule has 1 fully saturated rings. The number of hydrogen-bond acceptors (Lipinski definition) is 2. The molecule has 0 spiro atoms. The monoisotopic (exact) mass is 316 g/mol. The first kappa shape index (κ1) is 16.0. The van der Waals surface area contributed by atoms with Crippen LogP contribution in [0.25, 0.3) is 10.9 Å². The average Bonchev–Trinajstić information content (AvgIpc) is 2.55. The number of aromatic nitrogens is 2. The van der Waals surface area contributed by atoms with Crippen LogP contribution in [0.2, 0.25) is 0 Å². The molecule has 1 aliphatic carbocycles. The Hall–Kier alpha value is -1.84. The lowest BCUT2D eigenvalue weighted by atomic mass is 9.95. The van der Waals surface area contributed by atoms with Gasteiger partial charge in [-0.1, -0.05) is 41.5 Å². The lowest BCUT2D eigenvalue weighted by molar-refractivity contribution is -0.835. The van der Waals surface area contributed by atoms with Gasteiger partial charge in [0.05, 0.1) is 0 Å². The van der Waals surface area contributed by atoms with Crippen molar-refractivity contribution in [1.82, 2.24) is 0 Å². The van der Waals surface area contributed by atoms with Crippen molar-refractivity contribution in [1.29, 1.82) is 0 Å². The van der Waals surface area contributed by atoms with E-state index in [1.165, 1.54) is 6.42 Å². The smallest absolute Gasteiger partial charge is 0.459 e. The molecule has 3 rings (SSSR count). The normalized spacial score (nSPS) is 16.3. The van der Waals surface area contributed by atoms with Crippen LogP contribution in [0.1, 0.15) is 58.4 Å². The number of para-hydroxylation sites is 1. The Balaban J connectivity index is 2.15. The van der Waals surface area contributed by atoms with Crippen molar-refractivity contribution >= 4 is 10.9 Å². The van der Waals surface area contributed by atoms with Crippen molar-refractivity contribution in [2.24, 2.45) is 5.92 Å². The molecule has 1 aromatic carbocycles. The highest BCUT2D eigenvalue weighted by Crippen LogP contribution is 2.29. The maximum Gasteiger partial charge on any atom is 0.632 e. The van der Waals surface area contributed by atoms with Gasteiger partial charge in [0, 0.05) is 25.3 Å². The average molecular weight is 316 g/mol. The number of rotatable bonds is 4. The summed E-state index contributed by atoms with van der Waals surface area (Å²) in [4.78, 5) is 0. The Bertz CT molecular complexity index is 691. The van der Waals surface area contributed by atoms with E-state index in [1.54, 1.807) is 4.57 Å². The molecule has 2 aromatic rings. The van der Waals surface area contributed by atoms with Crippen LogP contribution in [0, 0.1) is 5.92 Å². The number of nitrogens with zero attached hydrogens (tertiary/aromatic N) is 2. The van der Waals surface area contributed by atoms with Crippen LogP contribution in [0.15, 0.2) is 24.3 Å². The minimum absolute atomic E-state index is 0.189. The van der Waals surface area contributed by atoms with E-state index in [0.717, 1.165) is 49.6 Å². The topological polar surface area (TPSA) is 48.2 Å². The molecule has 0 atom stereocenters. The summed E-state index contributed by atoms with van der Waals surface area (Å²) in [5.41, 5.74) is 0.898. The number of aryl methyl sites for hydroxylation is 1. The van der Waals surface area contributed by atoms with Crippen molar-refractivity contribution < 1.29 is 19.3 Å². The van der Waals surface area contributed by atoms with Crippen molar-refractivity contribution in [3.05, 3.63) is 24.3 Å². The Morgan fingerprint density at radius 1 is 1.09 bits per heavy atom. The summed E-state index contributed by atoms with van der Waals surface area (Å²) >= 11 is 0. The molecule has 23 heavy (non-hydrogen) atoms. The summed E-state index contributed by atoms with van der Waals surface area (Å²) in [5, 5.41) is 22.5. The molecular weight excluding hydrogens is 288 g/mol. The summed E-state index contributed by atoms with van der Waals surface area (Å²) in [6, 6.07) is 8.19. The van der Waals surface area contributed by atoms with Gasteiger partial charge in [0.2, 0.25) is 5.52 Å². The molecule has 1 saturated carbocycles. The number of aromatic hydroxyl groups is 2. The van der Waals surface area contributed by atoms with Crippen LogP contribution >= 0.6 is 0 Å². The Kier molecular flexibility index (Phi) is 4.69. The van der Waals surface area contributed by atoms with Crippen LogP contribution in [-0.4, -0.2) is 10.2 Å². The molecule has 0 bridgehead atoms. The van der Waals surface area contributed by atoms with E-state index in [0.29, 0.717) is 5.92 Å². The van der Waals surface area contributed by atoms with Gasteiger partial charge in [0.15, 0.2) is 18.0 Å². The van der Waals surface area contributed by atoms with Gasteiger partial charge in [-0.25, -0.2) is 0 Å². The Morgan fingerprint density at radius 3 is 2.48 bits per heavy atom. The van der Waals surface area contributed by atoms with Gasteiger partial charge < -0.3 is 10.2 Å². The summed E-state index contributed by atoms with van der Waals surface area (Å²) in [6.45, 7) is 5.14. The van der Waals surface area contributed by atoms with Crippen LogP contribution < -0.4 is 9.13 Å². The molecule has 0 unspecified atom stereocenters. The highest BCUT2D eigenvalue weighted by molar-refractivity contribution is 5.79. The predicted octanol–water partition coefficient (Wildman–Crippen LogP) is 3.38. The summed E-state index contributed by atoms with van der Waals surface area (Å²) < 4.78 is 3.73. The molecule has 0 aliphatic heterocycles. The van der Waals surface area contributed by atoms with E-state index in [1.807, 2.05) is 28.8 Å². The van der Waals surface area contributed by atoms with E-state index >= 15 is 0 Å². The van der Waals surface area contributed by atoms with Crippen molar-refractivity contribution in [2.45, 2.75) is 65.0 Å². The molecule has 1 aliphatic rings. The first-order valence-electron chi connectivity index (χ1n) is 8.87. The zero-order chi connectivity index (χ0) is 16.4. The Morgan fingerprint density at radius 2 is 1.78 bits per heavy atom. The molecule has 1 aromatic heterocycles. The highest BCUT2D eigenvalue weighted by Gasteiger charge is 2.38. The maximum absolute atomic E-state index is 10.9. The standard InChI is InChI=1S/C19H26N2O2/c1-14(2)12-13-20-17-11-7-6-10-16(17)18(22)21(19(20)23)15-8-4-3-5-9-15/h6-7,10-11,14-15H,3-5,8-9,12-13H2,1-2H3/p+2. The summed E-state index contributed by atoms with van der Waals surface area (Å²) in [6.07, 6.45) is 6.62. The molecule has 0 amide bonds. The molecular formula is C19H28N2O2+2. The second kappa shape index (κ2) is 6.73. The first-order chi connectivity index (χ1) is 11.1. The number of benzene rings is 1. The lowest BCUT2D eigenvalue weighted by Gasteiger charge is -2.17. The third-order valence-electron chi connectivity index (χ3n) is 4.99. The van der Waals surface area contributed by atoms with E-state index in [9.17, 15) is 10.2 Å². The van der Waals surface area contributed by atoms with Gasteiger partial charge in [-0.3, -0.25) is 0 Å². The van der Waals surface area contributed by atoms with E-state index in [2.05, 4.69) is 13.8 Å². The van der Waals surface area contributed by atoms with Gasteiger partial charge in [0.1, 0.15) is 0 Å². The van der Waals surface area contributed by atoms with Crippen LogP contribution in [0.4, 0.5) is 0 Å².